The number of fused-ring (bicyclic) bond motifs is 1. The van der Waals surface area contributed by atoms with Crippen LogP contribution in [-0.4, -0.2) is 29.1 Å². The topological polar surface area (TPSA) is 91.4 Å². The number of anilines is 1. The summed E-state index contributed by atoms with van der Waals surface area (Å²) in [6.45, 7) is 0. The lowest BCUT2D eigenvalue weighted by atomic mass is 10.1. The number of nitrogens with one attached hydrogen (secondary N) is 2. The summed E-state index contributed by atoms with van der Waals surface area (Å²) >= 11 is 6.08. The number of halogens is 1. The quantitative estimate of drug-likeness (QED) is 0.500. The SMILES string of the molecule is COC(=O)c1cccc(NC(=O)c2cc3cccc(Cl)c3[nH]2)c1O. The van der Waals surface area contributed by atoms with Crippen molar-refractivity contribution in [1.29, 1.82) is 0 Å². The lowest BCUT2D eigenvalue weighted by Crippen LogP contribution is -2.13. The summed E-state index contributed by atoms with van der Waals surface area (Å²) in [5.74, 6) is -1.52. The van der Waals surface area contributed by atoms with E-state index >= 15 is 0 Å². The molecule has 0 atom stereocenters. The van der Waals surface area contributed by atoms with E-state index in [1.165, 1.54) is 25.3 Å². The average molecular weight is 345 g/mol. The smallest absolute Gasteiger partial charge is 0.341 e. The number of methoxy groups -OCH3 is 1. The van der Waals surface area contributed by atoms with Crippen LogP contribution >= 0.6 is 11.6 Å². The van der Waals surface area contributed by atoms with E-state index in [1.54, 1.807) is 18.2 Å². The first-order valence-electron chi connectivity index (χ1n) is 7.00. The number of aromatic nitrogens is 1. The molecule has 0 saturated heterocycles. The average Bonchev–Trinajstić information content (AvgIpc) is 3.02. The molecule has 122 valence electrons. The summed E-state index contributed by atoms with van der Waals surface area (Å²) < 4.78 is 4.58. The summed E-state index contributed by atoms with van der Waals surface area (Å²) in [5, 5.41) is 14.0. The summed E-state index contributed by atoms with van der Waals surface area (Å²) in [5.41, 5.74) is 1.00. The van der Waals surface area contributed by atoms with Gasteiger partial charge in [0, 0.05) is 5.39 Å². The second-order valence-corrected chi connectivity index (χ2v) is 5.44. The molecule has 1 heterocycles. The van der Waals surface area contributed by atoms with Crippen LogP contribution < -0.4 is 5.32 Å². The van der Waals surface area contributed by atoms with Gasteiger partial charge < -0.3 is 20.1 Å². The molecule has 3 rings (SSSR count). The lowest BCUT2D eigenvalue weighted by molar-refractivity contribution is 0.0597. The van der Waals surface area contributed by atoms with Crippen LogP contribution in [0.3, 0.4) is 0 Å². The number of phenolic OH excluding ortho intramolecular Hbond substituents is 1. The van der Waals surface area contributed by atoms with Crippen molar-refractivity contribution in [3.63, 3.8) is 0 Å². The van der Waals surface area contributed by atoms with Crippen LogP contribution in [0, 0.1) is 0 Å². The van der Waals surface area contributed by atoms with Crippen LogP contribution in [-0.2, 0) is 4.74 Å². The summed E-state index contributed by atoms with van der Waals surface area (Å²) in [4.78, 5) is 26.9. The third kappa shape index (κ3) is 2.79. The lowest BCUT2D eigenvalue weighted by Gasteiger charge is -2.09. The number of aromatic hydroxyl groups is 1. The normalized spacial score (nSPS) is 10.6. The molecule has 0 spiro atoms. The Morgan fingerprint density at radius 3 is 2.67 bits per heavy atom. The fourth-order valence-corrected chi connectivity index (χ4v) is 2.58. The predicted octanol–water partition coefficient (Wildman–Crippen LogP) is 3.57. The zero-order chi connectivity index (χ0) is 17.3. The fourth-order valence-electron chi connectivity index (χ4n) is 2.35. The Kier molecular flexibility index (Phi) is 4.14. The molecule has 0 aliphatic carbocycles. The number of rotatable bonds is 3. The highest BCUT2D eigenvalue weighted by atomic mass is 35.5. The van der Waals surface area contributed by atoms with Gasteiger partial charge in [0.1, 0.15) is 11.3 Å². The van der Waals surface area contributed by atoms with Crippen LogP contribution in [0.2, 0.25) is 5.02 Å². The fraction of sp³-hybridized carbons (Fsp3) is 0.0588. The molecule has 0 aliphatic rings. The largest absolute Gasteiger partial charge is 0.505 e. The number of hydrogen-bond donors (Lipinski definition) is 3. The van der Waals surface area contributed by atoms with Gasteiger partial charge in [-0.15, -0.1) is 0 Å². The summed E-state index contributed by atoms with van der Waals surface area (Å²) in [7, 11) is 1.21. The Bertz CT molecular complexity index is 949. The Morgan fingerprint density at radius 2 is 1.96 bits per heavy atom. The first-order valence-corrected chi connectivity index (χ1v) is 7.38. The number of H-pyrrole nitrogens is 1. The second kappa shape index (κ2) is 6.25. The van der Waals surface area contributed by atoms with Gasteiger partial charge in [0.15, 0.2) is 5.75 Å². The molecule has 1 aromatic heterocycles. The van der Waals surface area contributed by atoms with E-state index in [0.717, 1.165) is 5.39 Å². The van der Waals surface area contributed by atoms with E-state index in [1.807, 2.05) is 6.07 Å². The number of hydrogen-bond acceptors (Lipinski definition) is 4. The van der Waals surface area contributed by atoms with Crippen LogP contribution in [0.1, 0.15) is 20.8 Å². The number of amides is 1. The Hall–Kier alpha value is -2.99. The molecule has 0 saturated carbocycles. The van der Waals surface area contributed by atoms with Crippen molar-refractivity contribution in [3.8, 4) is 5.75 Å². The minimum atomic E-state index is -0.694. The third-order valence-electron chi connectivity index (χ3n) is 3.54. The van der Waals surface area contributed by atoms with Gasteiger partial charge in [0.05, 0.1) is 23.3 Å². The number of aromatic amines is 1. The Morgan fingerprint density at radius 1 is 1.21 bits per heavy atom. The highest BCUT2D eigenvalue weighted by Gasteiger charge is 2.17. The zero-order valence-corrected chi connectivity index (χ0v) is 13.3. The van der Waals surface area contributed by atoms with Gasteiger partial charge in [-0.2, -0.15) is 0 Å². The molecule has 0 aliphatic heterocycles. The zero-order valence-electron chi connectivity index (χ0n) is 12.6. The number of ether oxygens (including phenoxy) is 1. The van der Waals surface area contributed by atoms with Crippen molar-refractivity contribution in [2.24, 2.45) is 0 Å². The molecule has 0 unspecified atom stereocenters. The van der Waals surface area contributed by atoms with E-state index in [9.17, 15) is 14.7 Å². The van der Waals surface area contributed by atoms with Crippen LogP contribution in [0.5, 0.6) is 5.75 Å². The summed E-state index contributed by atoms with van der Waals surface area (Å²) in [6.07, 6.45) is 0. The van der Waals surface area contributed by atoms with Crippen molar-refractivity contribution >= 4 is 40.1 Å². The number of phenols is 1. The molecule has 3 aromatic rings. The van der Waals surface area contributed by atoms with Crippen LogP contribution in [0.15, 0.2) is 42.5 Å². The van der Waals surface area contributed by atoms with Crippen LogP contribution in [0.4, 0.5) is 5.69 Å². The third-order valence-corrected chi connectivity index (χ3v) is 3.85. The minimum absolute atomic E-state index is 0.0324. The first kappa shape index (κ1) is 15.9. The van der Waals surface area contributed by atoms with E-state index in [2.05, 4.69) is 15.0 Å². The Balaban J connectivity index is 1.92. The van der Waals surface area contributed by atoms with Crippen molar-refractivity contribution in [3.05, 3.63) is 58.7 Å². The van der Waals surface area contributed by atoms with E-state index in [4.69, 9.17) is 11.6 Å². The molecular formula is C17H13ClN2O4. The van der Waals surface area contributed by atoms with Crippen molar-refractivity contribution in [2.75, 3.05) is 12.4 Å². The van der Waals surface area contributed by atoms with Gasteiger partial charge in [-0.3, -0.25) is 4.79 Å². The van der Waals surface area contributed by atoms with E-state index in [-0.39, 0.29) is 22.7 Å². The van der Waals surface area contributed by atoms with Gasteiger partial charge in [0.25, 0.3) is 5.91 Å². The van der Waals surface area contributed by atoms with Gasteiger partial charge in [-0.05, 0) is 24.3 Å². The van der Waals surface area contributed by atoms with Gasteiger partial charge in [-0.25, -0.2) is 4.79 Å². The standard InChI is InChI=1S/C17H13ClN2O4/c1-24-17(23)10-5-3-7-12(15(10)21)20-16(22)13-8-9-4-2-6-11(18)14(9)19-13/h2-8,19,21H,1H3,(H,20,22). The van der Waals surface area contributed by atoms with Gasteiger partial charge >= 0.3 is 5.97 Å². The van der Waals surface area contributed by atoms with Gasteiger partial charge in [0.2, 0.25) is 0 Å². The van der Waals surface area contributed by atoms with Crippen molar-refractivity contribution in [2.45, 2.75) is 0 Å². The maximum atomic E-state index is 12.4. The minimum Gasteiger partial charge on any atom is -0.505 e. The highest BCUT2D eigenvalue weighted by Crippen LogP contribution is 2.29. The summed E-state index contributed by atoms with van der Waals surface area (Å²) in [6, 6.07) is 11.4. The number of para-hydroxylation sites is 2. The van der Waals surface area contributed by atoms with E-state index in [0.29, 0.717) is 10.5 Å². The molecule has 24 heavy (non-hydrogen) atoms. The number of esters is 1. The molecule has 1 amide bonds. The number of carbonyl (C=O) groups is 2. The molecule has 2 aromatic carbocycles. The van der Waals surface area contributed by atoms with Gasteiger partial charge in [-0.1, -0.05) is 29.8 Å². The first-order chi connectivity index (χ1) is 11.5. The number of carbonyl (C=O) groups excluding carboxylic acids is 2. The molecule has 0 fully saturated rings. The molecular weight excluding hydrogens is 332 g/mol. The molecule has 7 heteroatoms. The monoisotopic (exact) mass is 344 g/mol. The van der Waals surface area contributed by atoms with Crippen molar-refractivity contribution < 1.29 is 19.4 Å². The van der Waals surface area contributed by atoms with Crippen molar-refractivity contribution in [1.82, 2.24) is 4.98 Å². The molecule has 0 radical (unpaired) electrons. The van der Waals surface area contributed by atoms with E-state index < -0.39 is 11.9 Å². The second-order valence-electron chi connectivity index (χ2n) is 5.03. The van der Waals surface area contributed by atoms with Crippen LogP contribution in [0.25, 0.3) is 10.9 Å². The maximum Gasteiger partial charge on any atom is 0.341 e. The molecule has 6 nitrogen and oxygen atoms in total. The Labute approximate surface area is 142 Å². The highest BCUT2D eigenvalue weighted by molar-refractivity contribution is 6.35. The molecule has 3 N–H and O–H groups in total. The number of benzene rings is 2. The maximum absolute atomic E-state index is 12.4. The predicted molar refractivity (Wildman–Crippen MR) is 90.7 cm³/mol. The molecule has 0 bridgehead atoms.